The molecule has 72 heavy (non-hydrogen) atoms. The molecule has 0 saturated carbocycles. The van der Waals surface area contributed by atoms with Crippen molar-refractivity contribution in [2.45, 2.75) is 116 Å². The lowest BCUT2D eigenvalue weighted by atomic mass is 10.0. The Hall–Kier alpha value is -5.96. The van der Waals surface area contributed by atoms with Crippen LogP contribution in [0.25, 0.3) is 10.9 Å². The van der Waals surface area contributed by atoms with Gasteiger partial charge in [0.05, 0.1) is 22.4 Å². The summed E-state index contributed by atoms with van der Waals surface area (Å²) in [5.41, 5.74) is 3.53. The number of ether oxygens (including phenoxy) is 2. The SMILES string of the molecule is Cc1[nH]nc(Nc2ncnc3cc(OCCCN4CCN(C(=O)c5cnc(N6CCN(C[C@H]7CN(C(=O)OC(C)(C)C)[C@H](C)CN7Cc7ccccc7)[C@H](C)C6)nc5)CC4)c(S(=O)(=O)C(C)(C)C)cc23)c1C. The maximum Gasteiger partial charge on any atom is 0.410 e. The molecule has 0 radical (unpaired) electrons. The predicted octanol–water partition coefficient (Wildman–Crippen LogP) is 6.32. The number of sulfone groups is 1. The Morgan fingerprint density at radius 3 is 2.21 bits per heavy atom. The Morgan fingerprint density at radius 1 is 0.833 bits per heavy atom. The number of carbonyl (C=O) groups is 2. The zero-order valence-corrected chi connectivity index (χ0v) is 44.5. The molecule has 19 nitrogen and oxygen atoms in total. The number of rotatable bonds is 14. The third kappa shape index (κ3) is 12.1. The molecule has 2 amide bonds. The van der Waals surface area contributed by atoms with E-state index < -0.39 is 20.2 Å². The quantitative estimate of drug-likeness (QED) is 0.117. The molecule has 3 aliphatic rings. The van der Waals surface area contributed by atoms with Gasteiger partial charge in [0.1, 0.15) is 28.4 Å². The van der Waals surface area contributed by atoms with Crippen LogP contribution in [0.15, 0.2) is 66.1 Å². The van der Waals surface area contributed by atoms with E-state index in [1.807, 2.05) is 50.5 Å². The van der Waals surface area contributed by atoms with Gasteiger partial charge in [0.25, 0.3) is 5.91 Å². The number of nitrogens with zero attached hydrogens (tertiary/aromatic N) is 11. The number of anilines is 3. The van der Waals surface area contributed by atoms with E-state index in [1.165, 1.54) is 11.9 Å². The molecule has 20 heteroatoms. The number of aromatic amines is 1. The summed E-state index contributed by atoms with van der Waals surface area (Å²) in [6.07, 6.45) is 5.11. The predicted molar refractivity (Wildman–Crippen MR) is 279 cm³/mol. The van der Waals surface area contributed by atoms with Gasteiger partial charge in [-0.25, -0.2) is 33.1 Å². The molecule has 6 heterocycles. The molecule has 3 atom stereocenters. The highest BCUT2D eigenvalue weighted by Crippen LogP contribution is 2.37. The second kappa shape index (κ2) is 21.6. The van der Waals surface area contributed by atoms with Crippen LogP contribution in [0.5, 0.6) is 5.75 Å². The Bertz CT molecular complexity index is 2790. The number of piperazine rings is 3. The summed E-state index contributed by atoms with van der Waals surface area (Å²) in [6.45, 7) is 27.7. The van der Waals surface area contributed by atoms with Crippen LogP contribution in [0, 0.1) is 13.8 Å². The van der Waals surface area contributed by atoms with Crippen molar-refractivity contribution in [3.63, 3.8) is 0 Å². The fraction of sp³-hybridized carbons (Fsp3) is 0.558. The number of aromatic nitrogens is 6. The van der Waals surface area contributed by atoms with Gasteiger partial charge in [-0.05, 0) is 87.3 Å². The van der Waals surface area contributed by atoms with Gasteiger partial charge in [-0.1, -0.05) is 30.3 Å². The molecule has 0 bridgehead atoms. The van der Waals surface area contributed by atoms with Crippen LogP contribution in [0.2, 0.25) is 0 Å². The lowest BCUT2D eigenvalue weighted by molar-refractivity contribution is -0.0227. The van der Waals surface area contributed by atoms with Crippen molar-refractivity contribution in [3.05, 3.63) is 83.6 Å². The number of fused-ring (bicyclic) bond motifs is 1. The Labute approximate surface area is 424 Å². The molecule has 3 aromatic heterocycles. The van der Waals surface area contributed by atoms with Gasteiger partial charge in [0.15, 0.2) is 15.7 Å². The topological polar surface area (TPSA) is 198 Å². The van der Waals surface area contributed by atoms with Gasteiger partial charge in [-0.2, -0.15) is 5.10 Å². The van der Waals surface area contributed by atoms with Gasteiger partial charge in [-0.3, -0.25) is 24.6 Å². The average Bonchev–Trinajstić information content (AvgIpc) is 3.65. The molecule has 2 aromatic carbocycles. The number of aryl methyl sites for hydroxylation is 1. The van der Waals surface area contributed by atoms with E-state index in [1.54, 1.807) is 45.3 Å². The molecule has 3 fully saturated rings. The minimum Gasteiger partial charge on any atom is -0.492 e. The van der Waals surface area contributed by atoms with Crippen LogP contribution < -0.4 is 15.0 Å². The highest BCUT2D eigenvalue weighted by atomic mass is 32.2. The van der Waals surface area contributed by atoms with Crippen molar-refractivity contribution in [2.75, 3.05) is 88.8 Å². The van der Waals surface area contributed by atoms with E-state index in [2.05, 4.69) is 83.2 Å². The Kier molecular flexibility index (Phi) is 15.7. The Balaban J connectivity index is 0.823. The molecule has 0 spiro atoms. The van der Waals surface area contributed by atoms with Crippen LogP contribution in [0.4, 0.5) is 22.4 Å². The fourth-order valence-electron chi connectivity index (χ4n) is 9.55. The number of nitrogens with one attached hydrogen (secondary N) is 2. The molecule has 388 valence electrons. The van der Waals surface area contributed by atoms with Crippen molar-refractivity contribution in [1.82, 2.24) is 54.6 Å². The van der Waals surface area contributed by atoms with Crippen LogP contribution in [0.3, 0.4) is 0 Å². The first kappa shape index (κ1) is 52.4. The van der Waals surface area contributed by atoms with E-state index in [4.69, 9.17) is 19.4 Å². The van der Waals surface area contributed by atoms with Crippen molar-refractivity contribution in [1.29, 1.82) is 0 Å². The highest BCUT2D eigenvalue weighted by Gasteiger charge is 2.39. The monoisotopic (exact) mass is 1010 g/mol. The first-order valence-corrected chi connectivity index (χ1v) is 26.7. The minimum absolute atomic E-state index is 0.0177. The normalized spacial score (nSPS) is 20.0. The number of hydrogen-bond acceptors (Lipinski definition) is 16. The number of amides is 2. The lowest BCUT2D eigenvalue weighted by Crippen LogP contribution is -2.63. The van der Waals surface area contributed by atoms with E-state index in [9.17, 15) is 18.0 Å². The van der Waals surface area contributed by atoms with Gasteiger partial charge < -0.3 is 29.5 Å². The van der Waals surface area contributed by atoms with Gasteiger partial charge in [0.2, 0.25) is 5.95 Å². The Morgan fingerprint density at radius 2 is 1.56 bits per heavy atom. The third-order valence-electron chi connectivity index (χ3n) is 14.0. The third-order valence-corrected chi connectivity index (χ3v) is 16.5. The minimum atomic E-state index is -3.83. The summed E-state index contributed by atoms with van der Waals surface area (Å²) in [7, 11) is -3.83. The van der Waals surface area contributed by atoms with Crippen LogP contribution in [-0.4, -0.2) is 182 Å². The zero-order valence-electron chi connectivity index (χ0n) is 43.7. The van der Waals surface area contributed by atoms with Gasteiger partial charge in [-0.15, -0.1) is 0 Å². The molecule has 3 aliphatic heterocycles. The van der Waals surface area contributed by atoms with Crippen molar-refractivity contribution < 1.29 is 27.5 Å². The van der Waals surface area contributed by atoms with Gasteiger partial charge in [0, 0.05) is 132 Å². The summed E-state index contributed by atoms with van der Waals surface area (Å²) in [5.74, 6) is 1.81. The number of hydrogen-bond donors (Lipinski definition) is 2. The molecule has 5 aromatic rings. The first-order chi connectivity index (χ1) is 34.1. The van der Waals surface area contributed by atoms with Crippen molar-refractivity contribution in [3.8, 4) is 5.75 Å². The second-order valence-corrected chi connectivity index (χ2v) is 24.2. The number of benzene rings is 2. The van der Waals surface area contributed by atoms with Crippen molar-refractivity contribution >= 4 is 50.3 Å². The molecular formula is C52H73N13O6S. The molecule has 0 unspecified atom stereocenters. The number of carbonyl (C=O) groups excluding carboxylic acids is 2. The van der Waals surface area contributed by atoms with Crippen molar-refractivity contribution in [2.24, 2.45) is 0 Å². The first-order valence-electron chi connectivity index (χ1n) is 25.2. The summed E-state index contributed by atoms with van der Waals surface area (Å²) in [4.78, 5) is 58.6. The second-order valence-electron chi connectivity index (χ2n) is 21.5. The average molecular weight is 1010 g/mol. The molecule has 2 N–H and O–H groups in total. The van der Waals surface area contributed by atoms with Crippen LogP contribution >= 0.6 is 0 Å². The summed E-state index contributed by atoms with van der Waals surface area (Å²) < 4.78 is 38.9. The maximum atomic E-state index is 14.0. The summed E-state index contributed by atoms with van der Waals surface area (Å²) >= 11 is 0. The van der Waals surface area contributed by atoms with Gasteiger partial charge >= 0.3 is 6.09 Å². The largest absolute Gasteiger partial charge is 0.492 e. The zero-order chi connectivity index (χ0) is 51.5. The standard InChI is InChI=1S/C52H73N13O6S/c1-35-29-63(23-22-62(35)32-41-33-65(50(67)71-51(5,6)7)36(2)30-64(41)31-39-15-12-11-13-16-39)49-53-27-40(28-54-49)48(66)61-20-18-60(19-21-61)17-14-24-70-44-26-43-42(25-45(44)72(68,69)52(8,9)10)47(56-34-55-43)57-46-37(3)38(4)58-59-46/h11-13,15-16,25-28,34-36,41H,14,17-24,29-33H2,1-10H3,(H2,55,56,57,58,59)/t35-,36-,41+/m1/s1. The van der Waals surface area contributed by atoms with E-state index in [0.29, 0.717) is 79.8 Å². The van der Waals surface area contributed by atoms with Crippen LogP contribution in [-0.2, 0) is 21.1 Å². The molecular weight excluding hydrogens is 935 g/mol. The van der Waals surface area contributed by atoms with Crippen LogP contribution in [0.1, 0.15) is 89.0 Å². The van der Waals surface area contributed by atoms with E-state index >= 15 is 0 Å². The fourth-order valence-corrected chi connectivity index (χ4v) is 10.9. The molecule has 3 saturated heterocycles. The van der Waals surface area contributed by atoms with E-state index in [-0.39, 0.29) is 40.8 Å². The molecule has 0 aliphatic carbocycles. The maximum absolute atomic E-state index is 14.0. The lowest BCUT2D eigenvalue weighted by Gasteiger charge is -2.48. The number of H-pyrrole nitrogens is 1. The summed E-state index contributed by atoms with van der Waals surface area (Å²) in [5, 5.41) is 11.1. The highest BCUT2D eigenvalue weighted by molar-refractivity contribution is 7.92. The molecule has 8 rings (SSSR count). The summed E-state index contributed by atoms with van der Waals surface area (Å²) in [6, 6.07) is 14.1. The smallest absolute Gasteiger partial charge is 0.410 e. The van der Waals surface area contributed by atoms with E-state index in [0.717, 1.165) is 57.1 Å².